The molecule has 1 N–H and O–H groups in total. The number of aromatic nitrogens is 3. The van der Waals surface area contributed by atoms with E-state index < -0.39 is 0 Å². The summed E-state index contributed by atoms with van der Waals surface area (Å²) in [5.74, 6) is 2.83. The van der Waals surface area contributed by atoms with Crippen molar-refractivity contribution in [1.82, 2.24) is 14.8 Å². The van der Waals surface area contributed by atoms with Crippen molar-refractivity contribution in [1.29, 1.82) is 0 Å². The standard InChI is InChI=1S/C24H26N4O3S/c1-2-13-28-22(11-8-18-6-4-3-5-7-18)26-27-24(28)32-16-12-23(29)25-19-9-10-20-21(17-19)31-15-14-30-20/h2-7,9-10,17H,1,8,11-16H2,(H,25,29). The molecule has 2 heterocycles. The normalized spacial score (nSPS) is 12.4. The highest BCUT2D eigenvalue weighted by Crippen LogP contribution is 2.32. The molecule has 3 aromatic rings. The number of amides is 1. The fraction of sp³-hybridized carbons (Fsp3) is 0.292. The fourth-order valence-corrected chi connectivity index (χ4v) is 4.31. The van der Waals surface area contributed by atoms with Crippen LogP contribution in [0.3, 0.4) is 0 Å². The molecule has 0 unspecified atom stereocenters. The van der Waals surface area contributed by atoms with Crippen LogP contribution in [0.1, 0.15) is 17.8 Å². The maximum Gasteiger partial charge on any atom is 0.225 e. The molecule has 0 saturated heterocycles. The summed E-state index contributed by atoms with van der Waals surface area (Å²) in [5, 5.41) is 12.4. The van der Waals surface area contributed by atoms with Crippen LogP contribution < -0.4 is 14.8 Å². The molecule has 166 valence electrons. The van der Waals surface area contributed by atoms with Gasteiger partial charge in [-0.15, -0.1) is 16.8 Å². The summed E-state index contributed by atoms with van der Waals surface area (Å²) < 4.78 is 13.1. The van der Waals surface area contributed by atoms with Crippen molar-refractivity contribution in [3.8, 4) is 11.5 Å². The highest BCUT2D eigenvalue weighted by molar-refractivity contribution is 7.99. The molecule has 7 nitrogen and oxygen atoms in total. The number of ether oxygens (including phenoxy) is 2. The lowest BCUT2D eigenvalue weighted by Crippen LogP contribution is -2.16. The average molecular weight is 451 g/mol. The molecule has 0 saturated carbocycles. The largest absolute Gasteiger partial charge is 0.486 e. The van der Waals surface area contributed by atoms with Crippen LogP contribution >= 0.6 is 11.8 Å². The maximum absolute atomic E-state index is 12.4. The number of benzene rings is 2. The van der Waals surface area contributed by atoms with Crippen LogP contribution in [0, 0.1) is 0 Å². The van der Waals surface area contributed by atoms with Crippen LogP contribution in [0.25, 0.3) is 0 Å². The molecule has 4 rings (SSSR count). The average Bonchev–Trinajstić information content (AvgIpc) is 3.20. The Labute approximate surface area is 191 Å². The third-order valence-electron chi connectivity index (χ3n) is 4.97. The minimum atomic E-state index is -0.0618. The number of anilines is 1. The Kier molecular flexibility index (Phi) is 7.45. The number of allylic oxidation sites excluding steroid dienone is 1. The molecule has 1 aromatic heterocycles. The van der Waals surface area contributed by atoms with Crippen LogP contribution in [0.2, 0.25) is 0 Å². The molecular weight excluding hydrogens is 424 g/mol. The van der Waals surface area contributed by atoms with Crippen molar-refractivity contribution >= 4 is 23.4 Å². The number of carbonyl (C=O) groups excluding carboxylic acids is 1. The minimum absolute atomic E-state index is 0.0618. The zero-order valence-corrected chi connectivity index (χ0v) is 18.6. The molecule has 1 aliphatic heterocycles. The van der Waals surface area contributed by atoms with Gasteiger partial charge < -0.3 is 19.4 Å². The van der Waals surface area contributed by atoms with E-state index in [1.54, 1.807) is 6.07 Å². The van der Waals surface area contributed by atoms with Gasteiger partial charge in [-0.3, -0.25) is 4.79 Å². The number of carbonyl (C=O) groups is 1. The summed E-state index contributed by atoms with van der Waals surface area (Å²) in [6, 6.07) is 15.8. The Morgan fingerprint density at radius 1 is 1.09 bits per heavy atom. The van der Waals surface area contributed by atoms with Crippen LogP contribution in [-0.2, 0) is 24.2 Å². The van der Waals surface area contributed by atoms with Gasteiger partial charge in [0.1, 0.15) is 19.0 Å². The van der Waals surface area contributed by atoms with Crippen LogP contribution in [-0.4, -0.2) is 39.6 Å². The lowest BCUT2D eigenvalue weighted by atomic mass is 10.1. The van der Waals surface area contributed by atoms with E-state index in [9.17, 15) is 4.79 Å². The molecule has 2 aromatic carbocycles. The second kappa shape index (κ2) is 10.9. The number of nitrogens with one attached hydrogen (secondary N) is 1. The Morgan fingerprint density at radius 3 is 2.72 bits per heavy atom. The zero-order chi connectivity index (χ0) is 22.2. The van der Waals surface area contributed by atoms with Gasteiger partial charge in [-0.05, 0) is 24.1 Å². The van der Waals surface area contributed by atoms with Crippen molar-refractivity contribution in [2.24, 2.45) is 0 Å². The van der Waals surface area contributed by atoms with Gasteiger partial charge in [-0.25, -0.2) is 0 Å². The van der Waals surface area contributed by atoms with Crippen LogP contribution in [0.5, 0.6) is 11.5 Å². The van der Waals surface area contributed by atoms with Crippen LogP contribution in [0.15, 0.2) is 66.3 Å². The summed E-state index contributed by atoms with van der Waals surface area (Å²) in [6.45, 7) is 5.55. The molecule has 8 heteroatoms. The monoisotopic (exact) mass is 450 g/mol. The third-order valence-corrected chi connectivity index (χ3v) is 5.94. The van der Waals surface area contributed by atoms with Crippen molar-refractivity contribution < 1.29 is 14.3 Å². The molecular formula is C24H26N4O3S. The zero-order valence-electron chi connectivity index (χ0n) is 17.8. The first-order valence-corrected chi connectivity index (χ1v) is 11.6. The van der Waals surface area contributed by atoms with Crippen molar-refractivity contribution in [3.05, 3.63) is 72.6 Å². The summed E-state index contributed by atoms with van der Waals surface area (Å²) in [7, 11) is 0. The van der Waals surface area contributed by atoms with E-state index >= 15 is 0 Å². The third kappa shape index (κ3) is 5.70. The van der Waals surface area contributed by atoms with Gasteiger partial charge in [-0.2, -0.15) is 0 Å². The lowest BCUT2D eigenvalue weighted by Gasteiger charge is -2.19. The Balaban J connectivity index is 1.29. The number of nitrogens with zero attached hydrogens (tertiary/aromatic N) is 3. The Hall–Kier alpha value is -3.26. The molecule has 0 aliphatic carbocycles. The van der Waals surface area contributed by atoms with E-state index in [4.69, 9.17) is 9.47 Å². The van der Waals surface area contributed by atoms with Gasteiger partial charge >= 0.3 is 0 Å². The molecule has 1 amide bonds. The molecule has 32 heavy (non-hydrogen) atoms. The number of hydrogen-bond acceptors (Lipinski definition) is 6. The number of rotatable bonds is 10. The Bertz CT molecular complexity index is 1070. The topological polar surface area (TPSA) is 78.3 Å². The quantitative estimate of drug-likeness (QED) is 0.369. The summed E-state index contributed by atoms with van der Waals surface area (Å²) in [5.41, 5.74) is 1.97. The number of aryl methyl sites for hydroxylation is 2. The molecule has 0 fully saturated rings. The predicted octanol–water partition coefficient (Wildman–Crippen LogP) is 4.14. The lowest BCUT2D eigenvalue weighted by molar-refractivity contribution is -0.115. The van der Waals surface area contributed by atoms with Crippen molar-refractivity contribution in [2.75, 3.05) is 24.3 Å². The fourth-order valence-electron chi connectivity index (χ4n) is 3.40. The van der Waals surface area contributed by atoms with E-state index in [2.05, 4.69) is 38.8 Å². The Morgan fingerprint density at radius 2 is 1.91 bits per heavy atom. The molecule has 0 atom stereocenters. The maximum atomic E-state index is 12.4. The predicted molar refractivity (Wildman–Crippen MR) is 125 cm³/mol. The summed E-state index contributed by atoms with van der Waals surface area (Å²) >= 11 is 1.53. The molecule has 0 bridgehead atoms. The van der Waals surface area contributed by atoms with E-state index in [1.165, 1.54) is 17.3 Å². The van der Waals surface area contributed by atoms with E-state index in [1.807, 2.05) is 36.4 Å². The van der Waals surface area contributed by atoms with Gasteiger partial charge in [0.05, 0.1) is 0 Å². The second-order valence-electron chi connectivity index (χ2n) is 7.29. The molecule has 0 spiro atoms. The second-order valence-corrected chi connectivity index (χ2v) is 8.35. The van der Waals surface area contributed by atoms with Gasteiger partial charge in [0.25, 0.3) is 0 Å². The number of hydrogen-bond donors (Lipinski definition) is 1. The van der Waals surface area contributed by atoms with Gasteiger partial charge in [0, 0.05) is 36.9 Å². The molecule has 0 radical (unpaired) electrons. The number of fused-ring (bicyclic) bond motifs is 1. The number of thioether (sulfide) groups is 1. The SMILES string of the molecule is C=CCn1c(CCc2ccccc2)nnc1SCCC(=O)Nc1ccc2c(c1)OCCO2. The van der Waals surface area contributed by atoms with Gasteiger partial charge in [0.15, 0.2) is 16.7 Å². The minimum Gasteiger partial charge on any atom is -0.486 e. The van der Waals surface area contributed by atoms with Crippen molar-refractivity contribution in [2.45, 2.75) is 31.0 Å². The van der Waals surface area contributed by atoms with Crippen molar-refractivity contribution in [3.63, 3.8) is 0 Å². The van der Waals surface area contributed by atoms with E-state index in [0.29, 0.717) is 49.1 Å². The first-order chi connectivity index (χ1) is 15.7. The highest BCUT2D eigenvalue weighted by atomic mass is 32.2. The van der Waals surface area contributed by atoms with E-state index in [0.717, 1.165) is 23.8 Å². The van der Waals surface area contributed by atoms with Crippen LogP contribution in [0.4, 0.5) is 5.69 Å². The highest BCUT2D eigenvalue weighted by Gasteiger charge is 2.14. The molecule has 1 aliphatic rings. The first-order valence-electron chi connectivity index (χ1n) is 10.6. The van der Waals surface area contributed by atoms with Gasteiger partial charge in [0.2, 0.25) is 5.91 Å². The summed E-state index contributed by atoms with van der Waals surface area (Å²) in [4.78, 5) is 12.4. The van der Waals surface area contributed by atoms with E-state index in [-0.39, 0.29) is 5.91 Å². The smallest absolute Gasteiger partial charge is 0.225 e. The van der Waals surface area contributed by atoms with Gasteiger partial charge in [-0.1, -0.05) is 48.2 Å². The first kappa shape index (κ1) is 22.0. The summed E-state index contributed by atoms with van der Waals surface area (Å²) in [6.07, 6.45) is 3.90.